The number of aliphatic imine (C=N–C) groups is 1. The van der Waals surface area contributed by atoms with Gasteiger partial charge in [0.15, 0.2) is 5.96 Å². The number of hydrogen-bond acceptors (Lipinski definition) is 9. The zero-order chi connectivity index (χ0) is 28.0. The molecule has 0 spiro atoms. The summed E-state index contributed by atoms with van der Waals surface area (Å²) in [6.45, 7) is 2.74. The molecule has 2 aromatic carbocycles. The Morgan fingerprint density at radius 3 is 2.61 bits per heavy atom. The van der Waals surface area contributed by atoms with Crippen LogP contribution < -0.4 is 21.3 Å². The van der Waals surface area contributed by atoms with Crippen LogP contribution in [0.2, 0.25) is 0 Å². The molecule has 1 heterocycles. The second-order valence-electron chi connectivity index (χ2n) is 8.74. The minimum atomic E-state index is -1.21. The van der Waals surface area contributed by atoms with Crippen LogP contribution in [0, 0.1) is 24.0 Å². The Hall–Kier alpha value is -4.75. The molecule has 0 bridgehead atoms. The highest BCUT2D eigenvalue weighted by Gasteiger charge is 2.23. The number of carbonyl (C=O) groups is 3. The number of guanidine groups is 1. The number of hydrogen-bond donors (Lipinski definition) is 6. The first kappa shape index (κ1) is 27.8. The van der Waals surface area contributed by atoms with E-state index in [0.717, 1.165) is 11.6 Å². The van der Waals surface area contributed by atoms with Crippen LogP contribution in [0.1, 0.15) is 39.5 Å². The predicted octanol–water partition coefficient (Wildman–Crippen LogP) is 1.69. The maximum atomic E-state index is 13.3. The number of anilines is 1. The quantitative estimate of drug-likeness (QED) is 0.206. The van der Waals surface area contributed by atoms with Crippen LogP contribution in [-0.2, 0) is 9.59 Å². The number of non-ortho nitro benzene ring substituents is 1. The fourth-order valence-corrected chi connectivity index (χ4v) is 3.84. The number of carboxylic acids is 1. The minimum absolute atomic E-state index is 0.00593. The highest BCUT2D eigenvalue weighted by atomic mass is 19.1. The molecule has 38 heavy (non-hydrogen) atoms. The summed E-state index contributed by atoms with van der Waals surface area (Å²) < 4.78 is 13.3. The Morgan fingerprint density at radius 1 is 1.24 bits per heavy atom. The summed E-state index contributed by atoms with van der Waals surface area (Å²) in [6.07, 6.45) is -1.68. The van der Waals surface area contributed by atoms with Gasteiger partial charge in [0.05, 0.1) is 37.0 Å². The zero-order valence-electron chi connectivity index (χ0n) is 20.6. The number of halogens is 1. The topological polar surface area (TPSA) is 195 Å². The number of benzene rings is 2. The summed E-state index contributed by atoms with van der Waals surface area (Å²) in [4.78, 5) is 51.3. The summed E-state index contributed by atoms with van der Waals surface area (Å²) >= 11 is 0. The molecule has 1 aliphatic heterocycles. The lowest BCUT2D eigenvalue weighted by Gasteiger charge is -2.20. The summed E-state index contributed by atoms with van der Waals surface area (Å²) in [5.41, 5.74) is 1.08. The maximum Gasteiger partial charge on any atom is 0.305 e. The number of nitro groups is 1. The van der Waals surface area contributed by atoms with Gasteiger partial charge >= 0.3 is 5.97 Å². The third-order valence-corrected chi connectivity index (χ3v) is 5.57. The number of phenols is 1. The summed E-state index contributed by atoms with van der Waals surface area (Å²) in [6, 6.07) is 5.68. The summed E-state index contributed by atoms with van der Waals surface area (Å²) in [7, 11) is 0. The number of carboxylic acid groups (broad SMARTS) is 1. The lowest BCUT2D eigenvalue weighted by molar-refractivity contribution is -0.384. The van der Waals surface area contributed by atoms with E-state index in [1.807, 2.05) is 0 Å². The van der Waals surface area contributed by atoms with E-state index in [4.69, 9.17) is 0 Å². The van der Waals surface area contributed by atoms with Gasteiger partial charge in [-0.2, -0.15) is 0 Å². The fraction of sp³-hybridized carbons (Fsp3) is 0.333. The molecule has 1 unspecified atom stereocenters. The Morgan fingerprint density at radius 2 is 1.97 bits per heavy atom. The number of carbonyl (C=O) groups excluding carboxylic acids is 2. The van der Waals surface area contributed by atoms with Gasteiger partial charge in [0, 0.05) is 28.9 Å². The van der Waals surface area contributed by atoms with E-state index >= 15 is 0 Å². The van der Waals surface area contributed by atoms with E-state index in [0.29, 0.717) is 5.56 Å². The Bertz CT molecular complexity index is 1300. The van der Waals surface area contributed by atoms with Gasteiger partial charge < -0.3 is 31.5 Å². The average molecular weight is 531 g/mol. The maximum absolute atomic E-state index is 13.3. The second kappa shape index (κ2) is 12.0. The van der Waals surface area contributed by atoms with Crippen molar-refractivity contribution < 1.29 is 33.9 Å². The van der Waals surface area contributed by atoms with E-state index in [2.05, 4.69) is 26.3 Å². The lowest BCUT2D eigenvalue weighted by atomic mass is 9.97. The van der Waals surface area contributed by atoms with Gasteiger partial charge in [-0.3, -0.25) is 24.5 Å². The van der Waals surface area contributed by atoms with Crippen LogP contribution >= 0.6 is 0 Å². The van der Waals surface area contributed by atoms with Crippen LogP contribution in [-0.4, -0.2) is 64.7 Å². The molecule has 0 aromatic heterocycles. The van der Waals surface area contributed by atoms with Gasteiger partial charge in [0.2, 0.25) is 5.91 Å². The smallest absolute Gasteiger partial charge is 0.305 e. The molecule has 14 heteroatoms. The summed E-state index contributed by atoms with van der Waals surface area (Å²) in [5.74, 6) is -2.73. The highest BCUT2D eigenvalue weighted by molar-refractivity contribution is 6.00. The highest BCUT2D eigenvalue weighted by Crippen LogP contribution is 2.31. The molecule has 0 saturated heterocycles. The molecule has 2 atom stereocenters. The number of nitrogens with zero attached hydrogens (tertiary/aromatic N) is 2. The van der Waals surface area contributed by atoms with Crippen molar-refractivity contribution in [1.29, 1.82) is 0 Å². The van der Waals surface area contributed by atoms with Crippen LogP contribution in [0.3, 0.4) is 0 Å². The minimum Gasteiger partial charge on any atom is -0.507 e. The van der Waals surface area contributed by atoms with Crippen molar-refractivity contribution in [3.8, 4) is 5.75 Å². The van der Waals surface area contributed by atoms with Crippen molar-refractivity contribution >= 4 is 35.1 Å². The molecule has 2 aromatic rings. The molecule has 0 saturated carbocycles. The number of rotatable bonds is 9. The van der Waals surface area contributed by atoms with Crippen LogP contribution in [0.15, 0.2) is 35.3 Å². The number of nitrogens with one attached hydrogen (secondary N) is 4. The SMILES string of the molecule is Cc1cc(C)c(O)c([C@H](CC(=O)O)NC(=O)CNC(=O)c2cc(NC3=NCC(F)CN3)cc([N+](=O)[O-])c2)c1. The Balaban J connectivity index is 1.72. The third kappa shape index (κ3) is 7.38. The van der Waals surface area contributed by atoms with Crippen molar-refractivity contribution in [2.45, 2.75) is 32.5 Å². The zero-order valence-corrected chi connectivity index (χ0v) is 20.6. The van der Waals surface area contributed by atoms with Gasteiger partial charge in [-0.1, -0.05) is 17.7 Å². The van der Waals surface area contributed by atoms with Crippen LogP contribution in [0.5, 0.6) is 5.75 Å². The molecule has 2 amide bonds. The first-order valence-corrected chi connectivity index (χ1v) is 11.5. The lowest BCUT2D eigenvalue weighted by Crippen LogP contribution is -2.41. The number of aliphatic carboxylic acids is 1. The van der Waals surface area contributed by atoms with Crippen molar-refractivity contribution in [2.24, 2.45) is 4.99 Å². The normalized spacial score (nSPS) is 15.4. The first-order chi connectivity index (χ1) is 17.9. The summed E-state index contributed by atoms with van der Waals surface area (Å²) in [5, 5.41) is 41.4. The van der Waals surface area contributed by atoms with E-state index in [1.165, 1.54) is 12.1 Å². The number of phenolic OH excluding ortho intramolecular Hbond substituents is 1. The van der Waals surface area contributed by atoms with E-state index in [-0.39, 0.29) is 41.6 Å². The molecule has 3 rings (SSSR count). The number of aryl methyl sites for hydroxylation is 2. The third-order valence-electron chi connectivity index (χ3n) is 5.57. The molecule has 6 N–H and O–H groups in total. The van der Waals surface area contributed by atoms with Crippen molar-refractivity contribution in [2.75, 3.05) is 25.0 Å². The fourth-order valence-electron chi connectivity index (χ4n) is 3.84. The second-order valence-corrected chi connectivity index (χ2v) is 8.74. The Labute approximate surface area is 216 Å². The van der Waals surface area contributed by atoms with Gasteiger partial charge in [-0.05, 0) is 25.5 Å². The van der Waals surface area contributed by atoms with Crippen molar-refractivity contribution in [3.05, 3.63) is 62.7 Å². The first-order valence-electron chi connectivity index (χ1n) is 11.5. The van der Waals surface area contributed by atoms with E-state index in [1.54, 1.807) is 26.0 Å². The van der Waals surface area contributed by atoms with Crippen molar-refractivity contribution in [1.82, 2.24) is 16.0 Å². The molecule has 13 nitrogen and oxygen atoms in total. The monoisotopic (exact) mass is 530 g/mol. The predicted molar refractivity (Wildman–Crippen MR) is 135 cm³/mol. The van der Waals surface area contributed by atoms with Gasteiger partial charge in [-0.15, -0.1) is 0 Å². The molecule has 202 valence electrons. The number of nitro benzene ring substituents is 1. The standard InChI is InChI=1S/C24H27FN6O7/c1-12-3-13(2)22(35)18(4-12)19(8-21(33)34)30-20(32)11-26-23(36)14-5-16(7-17(6-14)31(37)38)29-24-27-9-15(25)10-28-24/h3-7,15,19,35H,8-11H2,1-2H3,(H,26,36)(H,30,32)(H,33,34)(H2,27,28,29)/t19-/m0/s1. The Kier molecular flexibility index (Phi) is 8.78. The molecule has 1 aliphatic rings. The molecule has 0 aliphatic carbocycles. The largest absolute Gasteiger partial charge is 0.507 e. The number of aromatic hydroxyl groups is 1. The molecular formula is C24H27FN6O7. The molecule has 0 fully saturated rings. The van der Waals surface area contributed by atoms with Crippen molar-refractivity contribution in [3.63, 3.8) is 0 Å². The van der Waals surface area contributed by atoms with E-state index in [9.17, 15) is 39.1 Å². The molecule has 0 radical (unpaired) electrons. The van der Waals surface area contributed by atoms with Gasteiger partial charge in [0.25, 0.3) is 11.6 Å². The molecular weight excluding hydrogens is 503 g/mol. The van der Waals surface area contributed by atoms with E-state index < -0.39 is 53.6 Å². The van der Waals surface area contributed by atoms with Gasteiger partial charge in [-0.25, -0.2) is 9.38 Å². The van der Waals surface area contributed by atoms with Crippen LogP contribution in [0.25, 0.3) is 0 Å². The average Bonchev–Trinajstić information content (AvgIpc) is 2.85. The van der Waals surface area contributed by atoms with Gasteiger partial charge in [0.1, 0.15) is 11.9 Å². The number of amides is 2. The van der Waals surface area contributed by atoms with Crippen LogP contribution in [0.4, 0.5) is 15.8 Å². The number of alkyl halides is 1.